The average Bonchev–Trinajstić information content (AvgIpc) is 3.36. The standard InChI is InChI=1S/C19H26N6O3/c1-13(2)9-17(26)23-5-3-14(4-6-23)18-22-21-16-10-24(7-8-25(16)18)19(27)15-11-28-12-20-15/h11-14H,3-10H2,1-2H3. The first-order chi connectivity index (χ1) is 13.5. The number of carbonyl (C=O) groups excluding carboxylic acids is 2. The predicted molar refractivity (Wildman–Crippen MR) is 99.3 cm³/mol. The van der Waals surface area contributed by atoms with Crippen LogP contribution >= 0.6 is 0 Å². The summed E-state index contributed by atoms with van der Waals surface area (Å²) >= 11 is 0. The molecule has 0 bridgehead atoms. The molecule has 9 heteroatoms. The van der Waals surface area contributed by atoms with Crippen molar-refractivity contribution in [3.63, 3.8) is 0 Å². The van der Waals surface area contributed by atoms with Gasteiger partial charge in [-0.3, -0.25) is 9.59 Å². The van der Waals surface area contributed by atoms with E-state index in [1.807, 2.05) is 4.90 Å². The highest BCUT2D eigenvalue weighted by Gasteiger charge is 2.31. The first kappa shape index (κ1) is 18.6. The van der Waals surface area contributed by atoms with Gasteiger partial charge in [-0.2, -0.15) is 0 Å². The third kappa shape index (κ3) is 3.65. The van der Waals surface area contributed by atoms with Crippen molar-refractivity contribution in [3.05, 3.63) is 30.0 Å². The van der Waals surface area contributed by atoms with Gasteiger partial charge in [-0.25, -0.2) is 4.98 Å². The first-order valence-corrected chi connectivity index (χ1v) is 9.90. The summed E-state index contributed by atoms with van der Waals surface area (Å²) < 4.78 is 7.05. The van der Waals surface area contributed by atoms with E-state index in [2.05, 4.69) is 33.6 Å². The average molecular weight is 386 g/mol. The Balaban J connectivity index is 1.39. The smallest absolute Gasteiger partial charge is 0.276 e. The van der Waals surface area contributed by atoms with E-state index in [1.165, 1.54) is 12.7 Å². The number of hydrogen-bond donors (Lipinski definition) is 0. The van der Waals surface area contributed by atoms with Crippen molar-refractivity contribution in [1.29, 1.82) is 0 Å². The molecular weight excluding hydrogens is 360 g/mol. The Morgan fingerprint density at radius 2 is 1.93 bits per heavy atom. The van der Waals surface area contributed by atoms with Crippen LogP contribution in [-0.4, -0.2) is 61.0 Å². The van der Waals surface area contributed by atoms with Crippen LogP contribution in [0.15, 0.2) is 17.1 Å². The number of oxazole rings is 1. The molecular formula is C19H26N6O3. The molecule has 0 spiro atoms. The fourth-order valence-corrected chi connectivity index (χ4v) is 4.00. The van der Waals surface area contributed by atoms with Crippen LogP contribution in [0.25, 0.3) is 0 Å². The van der Waals surface area contributed by atoms with Crippen LogP contribution in [0.3, 0.4) is 0 Å². The van der Waals surface area contributed by atoms with Crippen molar-refractivity contribution >= 4 is 11.8 Å². The Kier molecular flexibility index (Phi) is 5.15. The molecule has 1 fully saturated rings. The number of fused-ring (bicyclic) bond motifs is 1. The number of piperidine rings is 1. The van der Waals surface area contributed by atoms with Crippen molar-refractivity contribution in [3.8, 4) is 0 Å². The van der Waals surface area contributed by atoms with Crippen LogP contribution < -0.4 is 0 Å². The molecule has 2 aliphatic rings. The fraction of sp³-hybridized carbons (Fsp3) is 0.632. The van der Waals surface area contributed by atoms with Crippen molar-refractivity contribution in [2.75, 3.05) is 19.6 Å². The quantitative estimate of drug-likeness (QED) is 0.793. The highest BCUT2D eigenvalue weighted by Crippen LogP contribution is 2.29. The summed E-state index contributed by atoms with van der Waals surface area (Å²) in [6.45, 7) is 7.38. The minimum atomic E-state index is -0.151. The highest BCUT2D eigenvalue weighted by atomic mass is 16.3. The number of carbonyl (C=O) groups is 2. The third-order valence-electron chi connectivity index (χ3n) is 5.52. The SMILES string of the molecule is CC(C)CC(=O)N1CCC(c2nnc3n2CCN(C(=O)c2cocn2)C3)CC1. The molecule has 1 saturated heterocycles. The Morgan fingerprint density at radius 1 is 1.14 bits per heavy atom. The molecule has 2 aromatic rings. The normalized spacial score (nSPS) is 17.8. The van der Waals surface area contributed by atoms with Gasteiger partial charge in [0.15, 0.2) is 17.9 Å². The van der Waals surface area contributed by atoms with Crippen LogP contribution in [0, 0.1) is 5.92 Å². The molecule has 0 N–H and O–H groups in total. The Labute approximate surface area is 163 Å². The lowest BCUT2D eigenvalue weighted by atomic mass is 9.95. The van der Waals surface area contributed by atoms with Crippen LogP contribution in [0.4, 0.5) is 0 Å². The maximum absolute atomic E-state index is 12.5. The van der Waals surface area contributed by atoms with Gasteiger partial charge in [0.2, 0.25) is 5.91 Å². The second-order valence-corrected chi connectivity index (χ2v) is 7.98. The second-order valence-electron chi connectivity index (χ2n) is 7.98. The number of likely N-dealkylation sites (tertiary alicyclic amines) is 1. The van der Waals surface area contributed by atoms with E-state index >= 15 is 0 Å². The molecule has 4 rings (SSSR count). The zero-order valence-electron chi connectivity index (χ0n) is 16.4. The molecule has 0 unspecified atom stereocenters. The van der Waals surface area contributed by atoms with Gasteiger partial charge >= 0.3 is 0 Å². The molecule has 0 radical (unpaired) electrons. The highest BCUT2D eigenvalue weighted by molar-refractivity contribution is 5.91. The molecule has 0 aliphatic carbocycles. The predicted octanol–water partition coefficient (Wildman–Crippen LogP) is 1.67. The van der Waals surface area contributed by atoms with Crippen LogP contribution in [0.5, 0.6) is 0 Å². The van der Waals surface area contributed by atoms with Crippen LogP contribution in [0.2, 0.25) is 0 Å². The number of hydrogen-bond acceptors (Lipinski definition) is 6. The van der Waals surface area contributed by atoms with E-state index in [0.29, 0.717) is 43.6 Å². The summed E-state index contributed by atoms with van der Waals surface area (Å²) in [7, 11) is 0. The van der Waals surface area contributed by atoms with E-state index in [4.69, 9.17) is 4.42 Å². The molecule has 0 aromatic carbocycles. The summed E-state index contributed by atoms with van der Waals surface area (Å²) in [5.74, 6) is 2.58. The molecule has 2 aliphatic heterocycles. The van der Waals surface area contributed by atoms with Crippen molar-refractivity contribution in [1.82, 2.24) is 29.5 Å². The Hall–Kier alpha value is -2.71. The lowest BCUT2D eigenvalue weighted by Gasteiger charge is -2.33. The second kappa shape index (κ2) is 7.73. The van der Waals surface area contributed by atoms with Crippen LogP contribution in [0.1, 0.15) is 61.2 Å². The first-order valence-electron chi connectivity index (χ1n) is 9.90. The van der Waals surface area contributed by atoms with Crippen molar-refractivity contribution in [2.24, 2.45) is 5.92 Å². The monoisotopic (exact) mass is 386 g/mol. The third-order valence-corrected chi connectivity index (χ3v) is 5.52. The van der Waals surface area contributed by atoms with Gasteiger partial charge in [0.05, 0.1) is 6.54 Å². The largest absolute Gasteiger partial charge is 0.451 e. The summed E-state index contributed by atoms with van der Waals surface area (Å²) in [6, 6.07) is 0. The number of amides is 2. The summed E-state index contributed by atoms with van der Waals surface area (Å²) in [5.41, 5.74) is 0.312. The topological polar surface area (TPSA) is 97.4 Å². The van der Waals surface area contributed by atoms with Gasteiger partial charge in [-0.1, -0.05) is 13.8 Å². The minimum Gasteiger partial charge on any atom is -0.451 e. The minimum absolute atomic E-state index is 0.151. The molecule has 28 heavy (non-hydrogen) atoms. The molecule has 9 nitrogen and oxygen atoms in total. The van der Waals surface area contributed by atoms with E-state index < -0.39 is 0 Å². The lowest BCUT2D eigenvalue weighted by Crippen LogP contribution is -2.40. The molecule has 2 amide bonds. The van der Waals surface area contributed by atoms with Gasteiger partial charge < -0.3 is 18.8 Å². The van der Waals surface area contributed by atoms with Crippen molar-refractivity contribution in [2.45, 2.75) is 52.1 Å². The fourth-order valence-electron chi connectivity index (χ4n) is 4.00. The van der Waals surface area contributed by atoms with Gasteiger partial charge in [0, 0.05) is 38.5 Å². The van der Waals surface area contributed by atoms with E-state index in [-0.39, 0.29) is 11.8 Å². The maximum Gasteiger partial charge on any atom is 0.276 e. The van der Waals surface area contributed by atoms with E-state index in [0.717, 1.165) is 37.6 Å². The summed E-state index contributed by atoms with van der Waals surface area (Å²) in [6.07, 6.45) is 5.05. The Morgan fingerprint density at radius 3 is 2.61 bits per heavy atom. The maximum atomic E-state index is 12.5. The molecule has 2 aromatic heterocycles. The molecule has 4 heterocycles. The lowest BCUT2D eigenvalue weighted by molar-refractivity contribution is -0.133. The number of rotatable bonds is 4. The summed E-state index contributed by atoms with van der Waals surface area (Å²) in [5, 5.41) is 8.77. The molecule has 0 saturated carbocycles. The zero-order chi connectivity index (χ0) is 19.7. The molecule has 0 atom stereocenters. The number of nitrogens with zero attached hydrogens (tertiary/aromatic N) is 6. The van der Waals surface area contributed by atoms with Crippen molar-refractivity contribution < 1.29 is 14.0 Å². The molecule has 150 valence electrons. The zero-order valence-corrected chi connectivity index (χ0v) is 16.4. The van der Waals surface area contributed by atoms with E-state index in [1.54, 1.807) is 4.90 Å². The van der Waals surface area contributed by atoms with Crippen LogP contribution in [-0.2, 0) is 17.9 Å². The van der Waals surface area contributed by atoms with Gasteiger partial charge in [0.25, 0.3) is 5.91 Å². The summed E-state index contributed by atoms with van der Waals surface area (Å²) in [4.78, 5) is 32.4. The van der Waals surface area contributed by atoms with Gasteiger partial charge in [-0.05, 0) is 18.8 Å². The number of aromatic nitrogens is 4. The van der Waals surface area contributed by atoms with E-state index in [9.17, 15) is 9.59 Å². The Bertz CT molecular complexity index is 836. The van der Waals surface area contributed by atoms with Gasteiger partial charge in [-0.15, -0.1) is 10.2 Å². The van der Waals surface area contributed by atoms with Gasteiger partial charge in [0.1, 0.15) is 12.1 Å².